The SMILES string of the molecule is CC(C)C12CCC(CC(CC3CCOC3)C1)C2. The van der Waals surface area contributed by atoms with E-state index in [9.17, 15) is 0 Å². The molecular formula is C16H28O. The zero-order valence-electron chi connectivity index (χ0n) is 11.6. The second-order valence-electron chi connectivity index (χ2n) is 7.40. The molecule has 0 aromatic heterocycles. The quantitative estimate of drug-likeness (QED) is 0.711. The van der Waals surface area contributed by atoms with E-state index >= 15 is 0 Å². The smallest absolute Gasteiger partial charge is 0.0495 e. The molecule has 1 saturated heterocycles. The van der Waals surface area contributed by atoms with Gasteiger partial charge in [-0.25, -0.2) is 0 Å². The van der Waals surface area contributed by atoms with Gasteiger partial charge in [0, 0.05) is 13.2 Å². The Morgan fingerprint density at radius 3 is 2.76 bits per heavy atom. The van der Waals surface area contributed by atoms with Gasteiger partial charge in [0.2, 0.25) is 0 Å². The van der Waals surface area contributed by atoms with E-state index in [0.29, 0.717) is 0 Å². The van der Waals surface area contributed by atoms with Crippen molar-refractivity contribution in [1.82, 2.24) is 0 Å². The predicted octanol–water partition coefficient (Wildman–Crippen LogP) is 4.27. The van der Waals surface area contributed by atoms with Gasteiger partial charge in [0.15, 0.2) is 0 Å². The maximum Gasteiger partial charge on any atom is 0.0495 e. The first-order chi connectivity index (χ1) is 8.18. The molecule has 17 heavy (non-hydrogen) atoms. The number of hydrogen-bond acceptors (Lipinski definition) is 1. The summed E-state index contributed by atoms with van der Waals surface area (Å²) >= 11 is 0. The van der Waals surface area contributed by atoms with Gasteiger partial charge in [-0.05, 0) is 74.0 Å². The van der Waals surface area contributed by atoms with E-state index in [4.69, 9.17) is 4.74 Å². The van der Waals surface area contributed by atoms with Crippen molar-refractivity contribution in [2.24, 2.45) is 29.1 Å². The summed E-state index contributed by atoms with van der Waals surface area (Å²) in [6.45, 7) is 7.00. The highest BCUT2D eigenvalue weighted by molar-refractivity contribution is 4.97. The Bertz CT molecular complexity index is 267. The average Bonchev–Trinajstić information content (AvgIpc) is 2.88. The van der Waals surface area contributed by atoms with E-state index in [0.717, 1.165) is 42.3 Å². The van der Waals surface area contributed by atoms with Crippen LogP contribution in [0.25, 0.3) is 0 Å². The van der Waals surface area contributed by atoms with Crippen LogP contribution in [0.2, 0.25) is 0 Å². The third-order valence-corrected chi connectivity index (χ3v) is 6.02. The van der Waals surface area contributed by atoms with E-state index in [1.165, 1.54) is 38.5 Å². The molecule has 98 valence electrons. The lowest BCUT2D eigenvalue weighted by atomic mass is 9.64. The third-order valence-electron chi connectivity index (χ3n) is 6.02. The predicted molar refractivity (Wildman–Crippen MR) is 70.9 cm³/mol. The largest absolute Gasteiger partial charge is 0.381 e. The van der Waals surface area contributed by atoms with Crippen LogP contribution in [0, 0.1) is 29.1 Å². The van der Waals surface area contributed by atoms with Gasteiger partial charge in [-0.3, -0.25) is 0 Å². The van der Waals surface area contributed by atoms with Crippen molar-refractivity contribution < 1.29 is 4.74 Å². The summed E-state index contributed by atoms with van der Waals surface area (Å²) in [4.78, 5) is 0. The van der Waals surface area contributed by atoms with Crippen LogP contribution in [-0.2, 0) is 4.74 Å². The van der Waals surface area contributed by atoms with Crippen LogP contribution < -0.4 is 0 Å². The molecule has 0 aromatic carbocycles. The van der Waals surface area contributed by atoms with Crippen LogP contribution in [0.5, 0.6) is 0 Å². The molecular weight excluding hydrogens is 208 g/mol. The van der Waals surface area contributed by atoms with Gasteiger partial charge < -0.3 is 4.74 Å². The van der Waals surface area contributed by atoms with Crippen molar-refractivity contribution in [3.05, 3.63) is 0 Å². The first kappa shape index (κ1) is 12.0. The molecule has 0 aromatic rings. The van der Waals surface area contributed by atoms with E-state index in [-0.39, 0.29) is 0 Å². The molecule has 3 fully saturated rings. The maximum atomic E-state index is 5.54. The summed E-state index contributed by atoms with van der Waals surface area (Å²) in [5.41, 5.74) is 0.729. The zero-order valence-corrected chi connectivity index (χ0v) is 11.6. The summed E-state index contributed by atoms with van der Waals surface area (Å²) in [6.07, 6.45) is 10.4. The Kier molecular flexibility index (Phi) is 3.23. The highest BCUT2D eigenvalue weighted by Crippen LogP contribution is 2.58. The molecule has 0 spiro atoms. The fraction of sp³-hybridized carbons (Fsp3) is 1.00. The van der Waals surface area contributed by atoms with Gasteiger partial charge >= 0.3 is 0 Å². The average molecular weight is 236 g/mol. The molecule has 0 radical (unpaired) electrons. The van der Waals surface area contributed by atoms with Gasteiger partial charge in [-0.2, -0.15) is 0 Å². The molecule has 1 heterocycles. The normalized spacial score (nSPS) is 45.7. The van der Waals surface area contributed by atoms with Crippen LogP contribution in [-0.4, -0.2) is 13.2 Å². The summed E-state index contributed by atoms with van der Waals surface area (Å²) in [5.74, 6) is 3.88. The van der Waals surface area contributed by atoms with E-state index < -0.39 is 0 Å². The van der Waals surface area contributed by atoms with E-state index in [1.807, 2.05) is 0 Å². The summed E-state index contributed by atoms with van der Waals surface area (Å²) in [7, 11) is 0. The van der Waals surface area contributed by atoms with E-state index in [1.54, 1.807) is 6.42 Å². The number of rotatable bonds is 3. The van der Waals surface area contributed by atoms with Crippen molar-refractivity contribution in [1.29, 1.82) is 0 Å². The van der Waals surface area contributed by atoms with Gasteiger partial charge in [0.1, 0.15) is 0 Å². The standard InChI is InChI=1S/C16H28O/c1-12(2)16-5-3-13(9-16)7-15(10-16)8-14-4-6-17-11-14/h12-15H,3-11H2,1-2H3. The molecule has 4 atom stereocenters. The molecule has 2 aliphatic carbocycles. The van der Waals surface area contributed by atoms with Gasteiger partial charge in [-0.15, -0.1) is 0 Å². The third kappa shape index (κ3) is 2.28. The minimum Gasteiger partial charge on any atom is -0.381 e. The minimum absolute atomic E-state index is 0.729. The lowest BCUT2D eigenvalue weighted by Gasteiger charge is -2.41. The van der Waals surface area contributed by atoms with Crippen LogP contribution in [0.3, 0.4) is 0 Å². The Labute approximate surface area is 106 Å². The van der Waals surface area contributed by atoms with Crippen molar-refractivity contribution in [2.45, 2.75) is 58.8 Å². The first-order valence-electron chi connectivity index (χ1n) is 7.76. The Morgan fingerprint density at radius 1 is 1.18 bits per heavy atom. The second kappa shape index (κ2) is 4.57. The van der Waals surface area contributed by atoms with Crippen LogP contribution in [0.15, 0.2) is 0 Å². The van der Waals surface area contributed by atoms with Crippen molar-refractivity contribution in [2.75, 3.05) is 13.2 Å². The minimum atomic E-state index is 0.729. The summed E-state index contributed by atoms with van der Waals surface area (Å²) in [6, 6.07) is 0. The lowest BCUT2D eigenvalue weighted by molar-refractivity contribution is 0.0837. The molecule has 2 saturated carbocycles. The van der Waals surface area contributed by atoms with Gasteiger partial charge in [0.25, 0.3) is 0 Å². The van der Waals surface area contributed by atoms with Crippen molar-refractivity contribution in [3.63, 3.8) is 0 Å². The Balaban J connectivity index is 1.63. The number of ether oxygens (including phenoxy) is 1. The lowest BCUT2D eigenvalue weighted by Crippen LogP contribution is -2.32. The Hall–Kier alpha value is -0.0400. The fourth-order valence-electron chi connectivity index (χ4n) is 4.97. The highest BCUT2D eigenvalue weighted by Gasteiger charge is 2.47. The van der Waals surface area contributed by atoms with Crippen LogP contribution in [0.4, 0.5) is 0 Å². The first-order valence-corrected chi connectivity index (χ1v) is 7.76. The zero-order chi connectivity index (χ0) is 11.9. The maximum absolute atomic E-state index is 5.54. The van der Waals surface area contributed by atoms with Gasteiger partial charge in [0.05, 0.1) is 0 Å². The summed E-state index contributed by atoms with van der Waals surface area (Å²) in [5, 5.41) is 0. The number of fused-ring (bicyclic) bond motifs is 2. The molecule has 3 aliphatic rings. The highest BCUT2D eigenvalue weighted by atomic mass is 16.5. The van der Waals surface area contributed by atoms with Crippen molar-refractivity contribution >= 4 is 0 Å². The topological polar surface area (TPSA) is 9.23 Å². The summed E-state index contributed by atoms with van der Waals surface area (Å²) < 4.78 is 5.54. The second-order valence-corrected chi connectivity index (χ2v) is 7.40. The number of hydrogen-bond donors (Lipinski definition) is 0. The van der Waals surface area contributed by atoms with Crippen LogP contribution >= 0.6 is 0 Å². The molecule has 2 bridgehead atoms. The Morgan fingerprint density at radius 2 is 2.06 bits per heavy atom. The molecule has 1 aliphatic heterocycles. The molecule has 0 amide bonds. The molecule has 0 N–H and O–H groups in total. The van der Waals surface area contributed by atoms with Gasteiger partial charge in [-0.1, -0.05) is 13.8 Å². The fourth-order valence-corrected chi connectivity index (χ4v) is 4.97. The molecule has 1 nitrogen and oxygen atoms in total. The monoisotopic (exact) mass is 236 g/mol. The van der Waals surface area contributed by atoms with Crippen LogP contribution in [0.1, 0.15) is 58.8 Å². The van der Waals surface area contributed by atoms with Crippen molar-refractivity contribution in [3.8, 4) is 0 Å². The molecule has 1 heteroatoms. The molecule has 4 unspecified atom stereocenters. The molecule has 3 rings (SSSR count). The van der Waals surface area contributed by atoms with E-state index in [2.05, 4.69) is 13.8 Å².